The van der Waals surface area contributed by atoms with E-state index in [0.717, 1.165) is 0 Å². The number of carbonyl (C=O) groups is 3. The van der Waals surface area contributed by atoms with Crippen molar-refractivity contribution >= 4 is 23.5 Å². The number of fused-ring (bicyclic) bond motifs is 1. The largest absolute Gasteiger partial charge is 0.454 e. The van der Waals surface area contributed by atoms with E-state index in [-0.39, 0.29) is 18.9 Å². The molecule has 0 bridgehead atoms. The first-order valence-corrected chi connectivity index (χ1v) is 8.60. The number of hydrogen-bond acceptors (Lipinski definition) is 5. The number of amides is 4. The molecule has 4 amide bonds. The van der Waals surface area contributed by atoms with Crippen LogP contribution in [0.15, 0.2) is 42.5 Å². The first-order valence-electron chi connectivity index (χ1n) is 8.60. The Bertz CT molecular complexity index is 896. The lowest BCUT2D eigenvalue weighted by molar-refractivity contribution is 0.0846. The summed E-state index contributed by atoms with van der Waals surface area (Å²) in [5.74, 6) is 0.0579. The summed E-state index contributed by atoms with van der Waals surface area (Å²) < 4.78 is 10.4. The number of hydrazine groups is 1. The predicted molar refractivity (Wildman–Crippen MR) is 101 cm³/mol. The Kier molecular flexibility index (Phi) is 5.64. The van der Waals surface area contributed by atoms with Crippen molar-refractivity contribution in [2.75, 3.05) is 12.1 Å². The van der Waals surface area contributed by atoms with Gasteiger partial charge in [0.15, 0.2) is 11.5 Å². The minimum atomic E-state index is -0.493. The molecule has 2 aromatic carbocycles. The van der Waals surface area contributed by atoms with Crippen molar-refractivity contribution in [1.29, 1.82) is 0 Å². The quantitative estimate of drug-likeness (QED) is 0.602. The van der Waals surface area contributed by atoms with Gasteiger partial charge < -0.3 is 20.1 Å². The number of ether oxygens (including phenoxy) is 2. The molecule has 0 spiro atoms. The highest BCUT2D eigenvalue weighted by Crippen LogP contribution is 2.32. The Morgan fingerprint density at radius 1 is 0.857 bits per heavy atom. The summed E-state index contributed by atoms with van der Waals surface area (Å²) in [7, 11) is 0. The highest BCUT2D eigenvalue weighted by atomic mass is 16.7. The Hall–Kier alpha value is -3.75. The van der Waals surface area contributed by atoms with Crippen LogP contribution in [0, 0.1) is 0 Å². The van der Waals surface area contributed by atoms with Gasteiger partial charge >= 0.3 is 6.03 Å². The maximum absolute atomic E-state index is 12.2. The number of rotatable bonds is 4. The molecule has 9 heteroatoms. The summed E-state index contributed by atoms with van der Waals surface area (Å²) in [5, 5.41) is 5.36. The normalized spacial score (nSPS) is 11.7. The Morgan fingerprint density at radius 3 is 2.14 bits per heavy atom. The third-order valence-corrected chi connectivity index (χ3v) is 3.75. The molecule has 0 atom stereocenters. The maximum atomic E-state index is 12.2. The molecule has 0 radical (unpaired) electrons. The molecule has 0 aromatic heterocycles. The van der Waals surface area contributed by atoms with Gasteiger partial charge in [0.2, 0.25) is 6.79 Å². The van der Waals surface area contributed by atoms with E-state index in [4.69, 9.17) is 9.47 Å². The van der Waals surface area contributed by atoms with E-state index < -0.39 is 11.8 Å². The van der Waals surface area contributed by atoms with Crippen LogP contribution in [0.4, 0.5) is 10.5 Å². The summed E-state index contributed by atoms with van der Waals surface area (Å²) in [6.45, 7) is 3.82. The summed E-state index contributed by atoms with van der Waals surface area (Å²) in [6, 6.07) is 10.7. The molecule has 0 saturated heterocycles. The average Bonchev–Trinajstić information content (AvgIpc) is 3.13. The molecular formula is C19H20N4O5. The smallest absolute Gasteiger partial charge is 0.319 e. The van der Waals surface area contributed by atoms with Crippen molar-refractivity contribution in [1.82, 2.24) is 16.2 Å². The van der Waals surface area contributed by atoms with Crippen LogP contribution < -0.4 is 31.0 Å². The molecule has 1 aliphatic heterocycles. The molecule has 0 unspecified atom stereocenters. The van der Waals surface area contributed by atoms with Crippen LogP contribution in [-0.4, -0.2) is 30.7 Å². The van der Waals surface area contributed by atoms with Crippen molar-refractivity contribution in [3.05, 3.63) is 53.6 Å². The van der Waals surface area contributed by atoms with E-state index in [0.29, 0.717) is 28.3 Å². The fourth-order valence-corrected chi connectivity index (χ4v) is 2.43. The molecule has 0 fully saturated rings. The van der Waals surface area contributed by atoms with Gasteiger partial charge in [-0.05, 0) is 56.3 Å². The molecule has 3 rings (SSSR count). The average molecular weight is 384 g/mol. The molecule has 1 aliphatic rings. The minimum absolute atomic E-state index is 0.0124. The lowest BCUT2D eigenvalue weighted by Gasteiger charge is -2.11. The van der Waals surface area contributed by atoms with Gasteiger partial charge in [0.05, 0.1) is 0 Å². The number of anilines is 1. The topological polar surface area (TPSA) is 118 Å². The van der Waals surface area contributed by atoms with Crippen LogP contribution in [0.25, 0.3) is 0 Å². The predicted octanol–water partition coefficient (Wildman–Crippen LogP) is 2.02. The first kappa shape index (κ1) is 19.0. The van der Waals surface area contributed by atoms with Crippen LogP contribution in [0.2, 0.25) is 0 Å². The number of carbonyl (C=O) groups excluding carboxylic acids is 3. The Labute approximate surface area is 161 Å². The van der Waals surface area contributed by atoms with Crippen molar-refractivity contribution in [3.8, 4) is 11.5 Å². The van der Waals surface area contributed by atoms with Gasteiger partial charge in [0.1, 0.15) is 0 Å². The first-order chi connectivity index (χ1) is 13.4. The number of benzene rings is 2. The molecule has 1 heterocycles. The van der Waals surface area contributed by atoms with Gasteiger partial charge in [-0.25, -0.2) is 4.79 Å². The van der Waals surface area contributed by atoms with Gasteiger partial charge in [-0.3, -0.25) is 20.4 Å². The standard InChI is InChI=1S/C19H20N4O5/c1-11(2)20-19(26)21-14-6-3-12(4-7-14)17(24)22-23-18(25)13-5-8-15-16(9-13)28-10-27-15/h3-9,11H,10H2,1-2H3,(H,22,24)(H,23,25)(H2,20,21,26). The highest BCUT2D eigenvalue weighted by molar-refractivity contribution is 5.99. The van der Waals surface area contributed by atoms with Crippen molar-refractivity contribution in [3.63, 3.8) is 0 Å². The summed E-state index contributed by atoms with van der Waals surface area (Å²) in [6.07, 6.45) is 0. The lowest BCUT2D eigenvalue weighted by Crippen LogP contribution is -2.41. The summed E-state index contributed by atoms with van der Waals surface area (Å²) >= 11 is 0. The maximum Gasteiger partial charge on any atom is 0.319 e. The van der Waals surface area contributed by atoms with Gasteiger partial charge in [-0.2, -0.15) is 0 Å². The molecule has 0 aliphatic carbocycles. The van der Waals surface area contributed by atoms with E-state index in [1.165, 1.54) is 18.2 Å². The fraction of sp³-hybridized carbons (Fsp3) is 0.211. The third kappa shape index (κ3) is 4.70. The lowest BCUT2D eigenvalue weighted by atomic mass is 10.2. The zero-order chi connectivity index (χ0) is 20.1. The molecule has 2 aromatic rings. The second-order valence-corrected chi connectivity index (χ2v) is 6.31. The van der Waals surface area contributed by atoms with Gasteiger partial charge in [-0.1, -0.05) is 0 Å². The van der Waals surface area contributed by atoms with Crippen LogP contribution in [0.3, 0.4) is 0 Å². The number of hydrogen-bond donors (Lipinski definition) is 4. The number of nitrogens with one attached hydrogen (secondary N) is 4. The van der Waals surface area contributed by atoms with E-state index in [9.17, 15) is 14.4 Å². The summed E-state index contributed by atoms with van der Waals surface area (Å²) in [5.41, 5.74) is 5.86. The van der Waals surface area contributed by atoms with E-state index in [1.807, 2.05) is 13.8 Å². The zero-order valence-electron chi connectivity index (χ0n) is 15.4. The van der Waals surface area contributed by atoms with Gasteiger partial charge in [-0.15, -0.1) is 0 Å². The summed E-state index contributed by atoms with van der Waals surface area (Å²) in [4.78, 5) is 36.0. The van der Waals surface area contributed by atoms with Crippen LogP contribution in [-0.2, 0) is 0 Å². The van der Waals surface area contributed by atoms with E-state index in [1.54, 1.807) is 24.3 Å². The SMILES string of the molecule is CC(C)NC(=O)Nc1ccc(C(=O)NNC(=O)c2ccc3c(c2)OCO3)cc1. The van der Waals surface area contributed by atoms with Crippen LogP contribution in [0.5, 0.6) is 11.5 Å². The molecule has 9 nitrogen and oxygen atoms in total. The molecule has 0 saturated carbocycles. The zero-order valence-corrected chi connectivity index (χ0v) is 15.4. The second kappa shape index (κ2) is 8.30. The minimum Gasteiger partial charge on any atom is -0.454 e. The Balaban J connectivity index is 1.53. The van der Waals surface area contributed by atoms with Crippen LogP contribution in [0.1, 0.15) is 34.6 Å². The van der Waals surface area contributed by atoms with Crippen molar-refractivity contribution in [2.24, 2.45) is 0 Å². The molecule has 4 N–H and O–H groups in total. The third-order valence-electron chi connectivity index (χ3n) is 3.75. The van der Waals surface area contributed by atoms with E-state index in [2.05, 4.69) is 21.5 Å². The fourth-order valence-electron chi connectivity index (χ4n) is 2.43. The highest BCUT2D eigenvalue weighted by Gasteiger charge is 2.16. The molecular weight excluding hydrogens is 364 g/mol. The monoisotopic (exact) mass is 384 g/mol. The van der Waals surface area contributed by atoms with Gasteiger partial charge in [0, 0.05) is 22.9 Å². The molecule has 28 heavy (non-hydrogen) atoms. The van der Waals surface area contributed by atoms with Crippen LogP contribution >= 0.6 is 0 Å². The van der Waals surface area contributed by atoms with Crippen molar-refractivity contribution in [2.45, 2.75) is 19.9 Å². The van der Waals surface area contributed by atoms with Crippen molar-refractivity contribution < 1.29 is 23.9 Å². The molecule has 146 valence electrons. The second-order valence-electron chi connectivity index (χ2n) is 6.31. The van der Waals surface area contributed by atoms with Gasteiger partial charge in [0.25, 0.3) is 11.8 Å². The van der Waals surface area contributed by atoms with E-state index >= 15 is 0 Å². The Morgan fingerprint density at radius 2 is 1.46 bits per heavy atom. The number of urea groups is 1.